The van der Waals surface area contributed by atoms with Gasteiger partial charge < -0.3 is 10.2 Å². The molecule has 0 radical (unpaired) electrons. The Morgan fingerprint density at radius 3 is 2.21 bits per heavy atom. The van der Waals surface area contributed by atoms with Crippen molar-refractivity contribution in [1.82, 2.24) is 0 Å². The van der Waals surface area contributed by atoms with Crippen molar-refractivity contribution in [2.24, 2.45) is 50.2 Å². The third kappa shape index (κ3) is 2.87. The van der Waals surface area contributed by atoms with E-state index in [2.05, 4.69) is 47.6 Å². The van der Waals surface area contributed by atoms with E-state index in [1.54, 1.807) is 5.57 Å². The molecular weight excluding hydrogens is 408 g/mol. The van der Waals surface area contributed by atoms with Gasteiger partial charge in [0.15, 0.2) is 0 Å². The third-order valence-corrected chi connectivity index (χ3v) is 13.3. The van der Waals surface area contributed by atoms with E-state index in [0.29, 0.717) is 17.8 Å². The van der Waals surface area contributed by atoms with Gasteiger partial charge in [-0.1, -0.05) is 53.2 Å². The lowest BCUT2D eigenvalue weighted by atomic mass is 9.33. The molecule has 0 saturated heterocycles. The van der Waals surface area contributed by atoms with Gasteiger partial charge in [-0.15, -0.1) is 0 Å². The van der Waals surface area contributed by atoms with Crippen LogP contribution in [0.25, 0.3) is 0 Å². The molecular formula is C30H48O3. The zero-order valence-electron chi connectivity index (χ0n) is 22.3. The van der Waals surface area contributed by atoms with Crippen LogP contribution in [0.1, 0.15) is 113 Å². The van der Waals surface area contributed by atoms with Crippen molar-refractivity contribution in [2.75, 3.05) is 0 Å². The largest absolute Gasteiger partial charge is 0.481 e. The minimum atomic E-state index is -0.603. The lowest BCUT2D eigenvalue weighted by molar-refractivity contribution is -0.203. The first-order valence-electron chi connectivity index (χ1n) is 13.8. The lowest BCUT2D eigenvalue weighted by Crippen LogP contribution is -2.64. The summed E-state index contributed by atoms with van der Waals surface area (Å²) in [5.41, 5.74) is 1.94. The number of aliphatic hydroxyl groups is 1. The summed E-state index contributed by atoms with van der Waals surface area (Å²) in [6, 6.07) is 0. The van der Waals surface area contributed by atoms with E-state index in [9.17, 15) is 15.0 Å². The van der Waals surface area contributed by atoms with Crippen LogP contribution < -0.4 is 0 Å². The van der Waals surface area contributed by atoms with Gasteiger partial charge in [-0.2, -0.15) is 0 Å². The molecule has 0 aliphatic heterocycles. The Morgan fingerprint density at radius 2 is 1.55 bits per heavy atom. The number of allylic oxidation sites excluding steroid dienone is 2. The van der Waals surface area contributed by atoms with Gasteiger partial charge in [-0.3, -0.25) is 4.79 Å². The second-order valence-electron chi connectivity index (χ2n) is 14.9. The Morgan fingerprint density at radius 1 is 0.879 bits per heavy atom. The molecule has 4 fully saturated rings. The van der Waals surface area contributed by atoms with Crippen molar-refractivity contribution < 1.29 is 15.0 Å². The van der Waals surface area contributed by atoms with E-state index in [1.807, 2.05) is 6.92 Å². The molecule has 0 spiro atoms. The SMILES string of the molecule is CC1(C)C(O)CC[C@@]2(C)C1CC[C@]1(C)C2CC=C2C3C[C@](C)(C(=O)O)CC[C@]3(C)CC[C@]21C. The van der Waals surface area contributed by atoms with Gasteiger partial charge >= 0.3 is 5.97 Å². The highest BCUT2D eigenvalue weighted by molar-refractivity contribution is 5.74. The normalized spacial score (nSPS) is 55.3. The summed E-state index contributed by atoms with van der Waals surface area (Å²) < 4.78 is 0. The van der Waals surface area contributed by atoms with E-state index in [0.717, 1.165) is 38.5 Å². The van der Waals surface area contributed by atoms with Crippen LogP contribution in [-0.2, 0) is 4.79 Å². The van der Waals surface area contributed by atoms with Gasteiger partial charge in [0.05, 0.1) is 11.5 Å². The first kappa shape index (κ1) is 23.9. The average molecular weight is 457 g/mol. The van der Waals surface area contributed by atoms with Crippen molar-refractivity contribution in [3.63, 3.8) is 0 Å². The van der Waals surface area contributed by atoms with Crippen LogP contribution in [-0.4, -0.2) is 22.3 Å². The number of aliphatic hydroxyl groups excluding tert-OH is 1. The summed E-state index contributed by atoms with van der Waals surface area (Å²) in [7, 11) is 0. The Labute approximate surface area is 201 Å². The van der Waals surface area contributed by atoms with Crippen LogP contribution in [0.3, 0.4) is 0 Å². The van der Waals surface area contributed by atoms with E-state index in [-0.39, 0.29) is 33.2 Å². The number of fused-ring (bicyclic) bond motifs is 7. The minimum absolute atomic E-state index is 0.0168. The van der Waals surface area contributed by atoms with Crippen LogP contribution in [0.15, 0.2) is 11.6 Å². The summed E-state index contributed by atoms with van der Waals surface area (Å²) in [5, 5.41) is 20.9. The Bertz CT molecular complexity index is 889. The number of carbonyl (C=O) groups is 1. The fourth-order valence-electron chi connectivity index (χ4n) is 10.5. The molecule has 0 amide bonds. The molecule has 9 atom stereocenters. The van der Waals surface area contributed by atoms with Gasteiger partial charge in [0.2, 0.25) is 0 Å². The summed E-state index contributed by atoms with van der Waals surface area (Å²) in [6.45, 7) is 16.8. The molecule has 0 aromatic carbocycles. The number of rotatable bonds is 1. The highest BCUT2D eigenvalue weighted by atomic mass is 16.4. The summed E-state index contributed by atoms with van der Waals surface area (Å²) in [6.07, 6.45) is 13.2. The molecule has 4 unspecified atom stereocenters. The number of hydrogen-bond donors (Lipinski definition) is 2. The smallest absolute Gasteiger partial charge is 0.309 e. The molecule has 5 aliphatic rings. The first-order valence-corrected chi connectivity index (χ1v) is 13.8. The van der Waals surface area contributed by atoms with Gasteiger partial charge in [-0.25, -0.2) is 0 Å². The number of hydrogen-bond acceptors (Lipinski definition) is 2. The van der Waals surface area contributed by atoms with Gasteiger partial charge in [-0.05, 0) is 116 Å². The molecule has 33 heavy (non-hydrogen) atoms. The Hall–Kier alpha value is -0.830. The van der Waals surface area contributed by atoms with Crippen LogP contribution >= 0.6 is 0 Å². The zero-order valence-corrected chi connectivity index (χ0v) is 22.3. The van der Waals surface area contributed by atoms with Crippen molar-refractivity contribution in [1.29, 1.82) is 0 Å². The quantitative estimate of drug-likeness (QED) is 0.409. The second kappa shape index (κ2) is 6.89. The van der Waals surface area contributed by atoms with Gasteiger partial charge in [0.25, 0.3) is 0 Å². The second-order valence-corrected chi connectivity index (χ2v) is 14.9. The molecule has 0 bridgehead atoms. The summed E-state index contributed by atoms with van der Waals surface area (Å²) >= 11 is 0. The maximum atomic E-state index is 12.2. The maximum absolute atomic E-state index is 12.2. The first-order chi connectivity index (χ1) is 15.1. The topological polar surface area (TPSA) is 57.5 Å². The molecule has 0 heterocycles. The summed E-state index contributed by atoms with van der Waals surface area (Å²) in [4.78, 5) is 12.2. The van der Waals surface area contributed by atoms with E-state index < -0.39 is 11.4 Å². The maximum Gasteiger partial charge on any atom is 0.309 e. The standard InChI is InChI=1S/C30H48O3/c1-25(2)21-10-13-30(7)22(28(21,5)12-11-23(25)31)9-8-19-20-18-27(4,24(32)33)15-14-26(20,3)16-17-29(19,30)6/h8,20-23,31H,9-18H2,1-7H3,(H,32,33)/t20?,21?,22?,23?,26-,27-,28+,29-,30-/m1/s1. The van der Waals surface area contributed by atoms with E-state index in [4.69, 9.17) is 0 Å². The molecule has 5 rings (SSSR count). The predicted molar refractivity (Wildman–Crippen MR) is 133 cm³/mol. The van der Waals surface area contributed by atoms with E-state index in [1.165, 1.54) is 25.7 Å². The molecule has 0 aromatic rings. The van der Waals surface area contributed by atoms with Crippen molar-refractivity contribution >= 4 is 5.97 Å². The minimum Gasteiger partial charge on any atom is -0.481 e. The monoisotopic (exact) mass is 456 g/mol. The number of aliphatic carboxylic acids is 1. The molecule has 0 aromatic heterocycles. The van der Waals surface area contributed by atoms with Crippen molar-refractivity contribution in [2.45, 2.75) is 119 Å². The average Bonchev–Trinajstić information content (AvgIpc) is 2.73. The zero-order chi connectivity index (χ0) is 24.2. The van der Waals surface area contributed by atoms with Crippen molar-refractivity contribution in [3.05, 3.63) is 11.6 Å². The Kier molecular flexibility index (Phi) is 4.99. The van der Waals surface area contributed by atoms with Crippen LogP contribution in [0.4, 0.5) is 0 Å². The number of carboxylic acid groups (broad SMARTS) is 1. The van der Waals surface area contributed by atoms with Crippen LogP contribution in [0, 0.1) is 50.2 Å². The fraction of sp³-hybridized carbons (Fsp3) is 0.900. The highest BCUT2D eigenvalue weighted by Gasteiger charge is 2.68. The van der Waals surface area contributed by atoms with Gasteiger partial charge in [0.1, 0.15) is 0 Å². The molecule has 3 heteroatoms. The number of carboxylic acids is 1. The highest BCUT2D eigenvalue weighted by Crippen LogP contribution is 2.75. The molecule has 186 valence electrons. The van der Waals surface area contributed by atoms with Crippen molar-refractivity contribution in [3.8, 4) is 0 Å². The van der Waals surface area contributed by atoms with E-state index >= 15 is 0 Å². The Balaban J connectivity index is 1.57. The predicted octanol–water partition coefficient (Wildman–Crippen LogP) is 7.23. The molecule has 5 aliphatic carbocycles. The summed E-state index contributed by atoms with van der Waals surface area (Å²) in [5.74, 6) is 1.01. The molecule has 3 nitrogen and oxygen atoms in total. The molecule has 4 saturated carbocycles. The third-order valence-electron chi connectivity index (χ3n) is 13.3. The van der Waals surface area contributed by atoms with Crippen LogP contribution in [0.5, 0.6) is 0 Å². The fourth-order valence-corrected chi connectivity index (χ4v) is 10.5. The lowest BCUT2D eigenvalue weighted by Gasteiger charge is -2.71. The van der Waals surface area contributed by atoms with Crippen LogP contribution in [0.2, 0.25) is 0 Å². The van der Waals surface area contributed by atoms with Gasteiger partial charge in [0, 0.05) is 0 Å². The molecule has 2 N–H and O–H groups in total.